The fourth-order valence-corrected chi connectivity index (χ4v) is 3.78. The molecule has 0 bridgehead atoms. The lowest BCUT2D eigenvalue weighted by Crippen LogP contribution is -2.38. The molecule has 1 N–H and O–H groups in total. The van der Waals surface area contributed by atoms with Crippen molar-refractivity contribution in [2.24, 2.45) is 5.41 Å². The largest absolute Gasteiger partial charge is 0.511 e. The Morgan fingerprint density at radius 3 is 2.45 bits per heavy atom. The second kappa shape index (κ2) is 7.77. The molecule has 29 heavy (non-hydrogen) atoms. The zero-order chi connectivity index (χ0) is 20.9. The minimum absolute atomic E-state index is 0. The molecule has 0 atom stereocenters. The number of imidazole rings is 2. The molecule has 0 aliphatic carbocycles. The summed E-state index contributed by atoms with van der Waals surface area (Å²) in [5, 5.41) is 0. The average molecular weight is 455 g/mol. The molecule has 0 aliphatic rings. The van der Waals surface area contributed by atoms with E-state index in [0.29, 0.717) is 35.5 Å². The van der Waals surface area contributed by atoms with Gasteiger partial charge in [-0.3, -0.25) is 13.8 Å². The van der Waals surface area contributed by atoms with Gasteiger partial charge in [0, 0.05) is 13.1 Å². The van der Waals surface area contributed by atoms with E-state index in [1.54, 1.807) is 20.6 Å². The minimum atomic E-state index is -5.34. The molecule has 0 radical (unpaired) electrons. The lowest BCUT2D eigenvalue weighted by Gasteiger charge is -2.25. The molecule has 162 valence electrons. The van der Waals surface area contributed by atoms with Crippen LogP contribution in [0.2, 0.25) is 0 Å². The third kappa shape index (κ3) is 4.36. The van der Waals surface area contributed by atoms with Crippen molar-refractivity contribution in [3.8, 4) is 0 Å². The van der Waals surface area contributed by atoms with E-state index in [9.17, 15) is 26.4 Å². The summed E-state index contributed by atoms with van der Waals surface area (Å²) in [7, 11) is -5.34. The smallest absolute Gasteiger partial charge is 0.292 e. The highest BCUT2D eigenvalue weighted by atomic mass is 35.5. The second-order valence-corrected chi connectivity index (χ2v) is 9.35. The van der Waals surface area contributed by atoms with Gasteiger partial charge >= 0.3 is 15.5 Å². The molecule has 0 spiro atoms. The third-order valence-electron chi connectivity index (χ3n) is 4.93. The third-order valence-corrected chi connectivity index (χ3v) is 6.13. The monoisotopic (exact) mass is 454 g/mol. The summed E-state index contributed by atoms with van der Waals surface area (Å²) in [6, 6.07) is 5.43. The van der Waals surface area contributed by atoms with Crippen molar-refractivity contribution >= 4 is 39.2 Å². The summed E-state index contributed by atoms with van der Waals surface area (Å²) < 4.78 is 64.3. The van der Waals surface area contributed by atoms with Gasteiger partial charge in [0.05, 0.1) is 5.69 Å². The summed E-state index contributed by atoms with van der Waals surface area (Å²) in [6.07, 6.45) is 0.682. The quantitative estimate of drug-likeness (QED) is 0.594. The SMILES string of the molecule is Cc1nc2cccc3n(CCC(C)(C)CCNS(=O)(=O)C(F)(F)F)c(=O)c1n23.Cl. The number of halogens is 4. The van der Waals surface area contributed by atoms with Crippen molar-refractivity contribution in [2.75, 3.05) is 6.54 Å². The number of pyridine rings is 1. The van der Waals surface area contributed by atoms with Gasteiger partial charge in [0.25, 0.3) is 5.56 Å². The molecule has 7 nitrogen and oxygen atoms in total. The van der Waals surface area contributed by atoms with Gasteiger partial charge in [0.15, 0.2) is 0 Å². The van der Waals surface area contributed by atoms with E-state index in [4.69, 9.17) is 0 Å². The van der Waals surface area contributed by atoms with Crippen LogP contribution in [-0.2, 0) is 16.6 Å². The zero-order valence-corrected chi connectivity index (χ0v) is 17.7. The maximum Gasteiger partial charge on any atom is 0.511 e. The van der Waals surface area contributed by atoms with Gasteiger partial charge in [-0.2, -0.15) is 13.2 Å². The minimum Gasteiger partial charge on any atom is -0.292 e. The zero-order valence-electron chi connectivity index (χ0n) is 16.1. The van der Waals surface area contributed by atoms with Crippen LogP contribution in [0.15, 0.2) is 23.0 Å². The number of nitrogens with zero attached hydrogens (tertiary/aromatic N) is 3. The molecule has 3 aromatic heterocycles. The Balaban J connectivity index is 0.00000300. The molecule has 0 unspecified atom stereocenters. The number of sulfonamides is 1. The summed E-state index contributed by atoms with van der Waals surface area (Å²) in [6.45, 7) is 5.44. The van der Waals surface area contributed by atoms with Crippen LogP contribution in [0.25, 0.3) is 16.8 Å². The lowest BCUT2D eigenvalue weighted by atomic mass is 9.86. The predicted octanol–water partition coefficient (Wildman–Crippen LogP) is 3.06. The van der Waals surface area contributed by atoms with Gasteiger partial charge in [0.2, 0.25) is 0 Å². The lowest BCUT2D eigenvalue weighted by molar-refractivity contribution is -0.0448. The van der Waals surface area contributed by atoms with Crippen molar-refractivity contribution in [3.05, 3.63) is 34.2 Å². The van der Waals surface area contributed by atoms with Crippen LogP contribution in [-0.4, -0.2) is 34.4 Å². The van der Waals surface area contributed by atoms with E-state index in [-0.39, 0.29) is 30.9 Å². The number of alkyl halides is 3. The molecule has 0 saturated carbocycles. The number of aromatic nitrogens is 3. The van der Waals surface area contributed by atoms with Crippen molar-refractivity contribution < 1.29 is 21.6 Å². The summed E-state index contributed by atoms with van der Waals surface area (Å²) in [5.41, 5.74) is -3.43. The van der Waals surface area contributed by atoms with Crippen LogP contribution in [0.1, 0.15) is 32.4 Å². The molecular formula is C17H22ClF3N4O3S. The first-order valence-corrected chi connectivity index (χ1v) is 10.2. The number of hydrogen-bond acceptors (Lipinski definition) is 4. The van der Waals surface area contributed by atoms with Crippen LogP contribution in [0.5, 0.6) is 0 Å². The number of rotatable bonds is 7. The summed E-state index contributed by atoms with van der Waals surface area (Å²) in [4.78, 5) is 17.1. The van der Waals surface area contributed by atoms with E-state index in [1.165, 1.54) is 0 Å². The van der Waals surface area contributed by atoms with E-state index in [0.717, 1.165) is 0 Å². The van der Waals surface area contributed by atoms with E-state index >= 15 is 0 Å². The number of aryl methyl sites for hydroxylation is 2. The Morgan fingerprint density at radius 2 is 1.83 bits per heavy atom. The first kappa shape index (κ1) is 23.4. The van der Waals surface area contributed by atoms with Gasteiger partial charge in [-0.15, -0.1) is 12.4 Å². The molecule has 0 amide bonds. The van der Waals surface area contributed by atoms with Crippen molar-refractivity contribution in [2.45, 2.75) is 45.7 Å². The highest BCUT2D eigenvalue weighted by Crippen LogP contribution is 2.27. The molecule has 0 aromatic carbocycles. The summed E-state index contributed by atoms with van der Waals surface area (Å²) >= 11 is 0. The highest BCUT2D eigenvalue weighted by Gasteiger charge is 2.45. The Kier molecular flexibility index (Phi) is 6.27. The second-order valence-electron chi connectivity index (χ2n) is 7.59. The Morgan fingerprint density at radius 1 is 1.17 bits per heavy atom. The molecule has 3 rings (SSSR count). The normalized spacial score (nSPS) is 13.3. The van der Waals surface area contributed by atoms with Gasteiger partial charge in [0.1, 0.15) is 16.8 Å². The van der Waals surface area contributed by atoms with Crippen LogP contribution < -0.4 is 10.3 Å². The van der Waals surface area contributed by atoms with E-state index in [1.807, 2.05) is 32.0 Å². The molecule has 0 saturated heterocycles. The molecule has 3 aromatic rings. The number of hydrogen-bond donors (Lipinski definition) is 1. The average Bonchev–Trinajstić information content (AvgIpc) is 3.04. The van der Waals surface area contributed by atoms with E-state index in [2.05, 4.69) is 4.98 Å². The van der Waals surface area contributed by atoms with Gasteiger partial charge < -0.3 is 0 Å². The van der Waals surface area contributed by atoms with Crippen LogP contribution >= 0.6 is 12.4 Å². The predicted molar refractivity (Wildman–Crippen MR) is 106 cm³/mol. The van der Waals surface area contributed by atoms with Crippen molar-refractivity contribution in [3.63, 3.8) is 0 Å². The van der Waals surface area contributed by atoms with Crippen LogP contribution in [0, 0.1) is 12.3 Å². The molecule has 0 aliphatic heterocycles. The topological polar surface area (TPSA) is 85.5 Å². The first-order valence-electron chi connectivity index (χ1n) is 8.70. The Bertz CT molecular complexity index is 1170. The van der Waals surface area contributed by atoms with Crippen LogP contribution in [0.3, 0.4) is 0 Å². The highest BCUT2D eigenvalue weighted by molar-refractivity contribution is 7.90. The van der Waals surface area contributed by atoms with Crippen molar-refractivity contribution in [1.82, 2.24) is 18.7 Å². The fraction of sp³-hybridized carbons (Fsp3) is 0.529. The summed E-state index contributed by atoms with van der Waals surface area (Å²) in [5.74, 6) is 0. The molecule has 3 heterocycles. The Labute approximate surface area is 171 Å². The maximum absolute atomic E-state index is 12.8. The molecular weight excluding hydrogens is 433 g/mol. The number of nitrogens with one attached hydrogen (secondary N) is 1. The van der Waals surface area contributed by atoms with Crippen LogP contribution in [0.4, 0.5) is 13.2 Å². The van der Waals surface area contributed by atoms with Gasteiger partial charge in [-0.05, 0) is 37.3 Å². The first-order chi connectivity index (χ1) is 12.8. The fourth-order valence-electron chi connectivity index (χ4n) is 3.24. The van der Waals surface area contributed by atoms with Gasteiger partial charge in [-0.25, -0.2) is 18.1 Å². The molecule has 0 fully saturated rings. The van der Waals surface area contributed by atoms with E-state index < -0.39 is 20.9 Å². The molecule has 12 heteroatoms. The Hall–Kier alpha value is -1.85. The standard InChI is InChI=1S/C17H21F3N4O3S.ClH/c1-11-14-15(25)23(13-6-4-5-12(22-11)24(13)14)10-8-16(2,3)7-9-21-28(26,27)17(18,19)20;/h4-6,21H,7-10H2,1-3H3;1H. The van der Waals surface area contributed by atoms with Gasteiger partial charge in [-0.1, -0.05) is 19.9 Å². The van der Waals surface area contributed by atoms with Crippen molar-refractivity contribution in [1.29, 1.82) is 0 Å². The maximum atomic E-state index is 12.8.